The highest BCUT2D eigenvalue weighted by atomic mass is 16.3. The molecule has 0 heterocycles. The number of hydrogen-bond acceptors (Lipinski definition) is 3. The molecule has 0 aliphatic heterocycles. The van der Waals surface area contributed by atoms with E-state index in [1.807, 2.05) is 24.3 Å². The summed E-state index contributed by atoms with van der Waals surface area (Å²) in [5.74, 6) is 0.180. The maximum atomic E-state index is 12.4. The molecular weight excluding hydrogens is 298 g/mol. The van der Waals surface area contributed by atoms with Gasteiger partial charge in [-0.05, 0) is 35.6 Å². The fraction of sp³-hybridized carbons (Fsp3) is 0.333. The predicted octanol–water partition coefficient (Wildman–Crippen LogP) is 4.80. The van der Waals surface area contributed by atoms with Crippen LogP contribution in [0, 0.1) is 0 Å². The Morgan fingerprint density at radius 3 is 2.75 bits per heavy atom. The number of allylic oxidation sites excluding steroid dienone is 2. The van der Waals surface area contributed by atoms with E-state index in [0.29, 0.717) is 25.0 Å². The van der Waals surface area contributed by atoms with Crippen molar-refractivity contribution in [3.05, 3.63) is 59.4 Å². The van der Waals surface area contributed by atoms with E-state index < -0.39 is 0 Å². The molecule has 0 saturated heterocycles. The second-order valence-corrected chi connectivity index (χ2v) is 6.24. The Morgan fingerprint density at radius 1 is 1.12 bits per heavy atom. The third-order valence-electron chi connectivity index (χ3n) is 4.44. The molecule has 1 N–H and O–H groups in total. The maximum Gasteiger partial charge on any atom is 0.168 e. The monoisotopic (exact) mass is 321 g/mol. The summed E-state index contributed by atoms with van der Waals surface area (Å²) >= 11 is 0. The van der Waals surface area contributed by atoms with Gasteiger partial charge < -0.3 is 5.11 Å². The predicted molar refractivity (Wildman–Crippen MR) is 98.8 cm³/mol. The van der Waals surface area contributed by atoms with Crippen LogP contribution in [0.1, 0.15) is 38.2 Å². The van der Waals surface area contributed by atoms with Crippen LogP contribution in [0.4, 0.5) is 0 Å². The van der Waals surface area contributed by atoms with Gasteiger partial charge in [-0.1, -0.05) is 49.4 Å². The first kappa shape index (κ1) is 16.4. The van der Waals surface area contributed by atoms with E-state index >= 15 is 0 Å². The lowest BCUT2D eigenvalue weighted by molar-refractivity contribution is -0.115. The van der Waals surface area contributed by atoms with E-state index in [0.717, 1.165) is 41.3 Å². The van der Waals surface area contributed by atoms with Gasteiger partial charge >= 0.3 is 0 Å². The van der Waals surface area contributed by atoms with Gasteiger partial charge in [0.25, 0.3) is 0 Å². The van der Waals surface area contributed by atoms with E-state index in [4.69, 9.17) is 0 Å². The van der Waals surface area contributed by atoms with Crippen molar-refractivity contribution in [1.29, 1.82) is 0 Å². The lowest BCUT2D eigenvalue weighted by atomic mass is 9.88. The van der Waals surface area contributed by atoms with Gasteiger partial charge in [0.2, 0.25) is 0 Å². The molecule has 124 valence electrons. The van der Waals surface area contributed by atoms with Crippen molar-refractivity contribution in [3.63, 3.8) is 0 Å². The summed E-state index contributed by atoms with van der Waals surface area (Å²) < 4.78 is 0. The fourth-order valence-corrected chi connectivity index (χ4v) is 3.28. The number of carbonyl (C=O) groups is 1. The van der Waals surface area contributed by atoms with Crippen LogP contribution in [0.25, 0.3) is 10.8 Å². The van der Waals surface area contributed by atoms with E-state index in [1.54, 1.807) is 0 Å². The number of rotatable bonds is 4. The lowest BCUT2D eigenvalue weighted by Crippen LogP contribution is -2.22. The summed E-state index contributed by atoms with van der Waals surface area (Å²) in [5.41, 5.74) is 2.28. The van der Waals surface area contributed by atoms with Crippen LogP contribution in [0.3, 0.4) is 0 Å². The SMILES string of the molecule is CCCN=C1CCCC(=O)/C1=C(/O)Cc1cccc2ccccc12. The topological polar surface area (TPSA) is 49.7 Å². The molecular formula is C21H23NO2. The van der Waals surface area contributed by atoms with Crippen molar-refractivity contribution in [1.82, 2.24) is 0 Å². The summed E-state index contributed by atoms with van der Waals surface area (Å²) in [5, 5.41) is 13.0. The highest BCUT2D eigenvalue weighted by Gasteiger charge is 2.25. The van der Waals surface area contributed by atoms with Crippen LogP contribution in [0.15, 0.2) is 58.8 Å². The van der Waals surface area contributed by atoms with Gasteiger partial charge in [0.1, 0.15) is 5.76 Å². The van der Waals surface area contributed by atoms with Crippen LogP contribution in [-0.4, -0.2) is 23.1 Å². The van der Waals surface area contributed by atoms with Crippen LogP contribution in [0.5, 0.6) is 0 Å². The van der Waals surface area contributed by atoms with Crippen LogP contribution >= 0.6 is 0 Å². The first-order valence-electron chi connectivity index (χ1n) is 8.66. The molecule has 1 aliphatic carbocycles. The number of nitrogens with zero attached hydrogens (tertiary/aromatic N) is 1. The minimum atomic E-state index is 0.0221. The minimum absolute atomic E-state index is 0.0221. The van der Waals surface area contributed by atoms with Crippen molar-refractivity contribution in [2.75, 3.05) is 6.54 Å². The molecule has 3 nitrogen and oxygen atoms in total. The number of aliphatic hydroxyl groups is 1. The lowest BCUT2D eigenvalue weighted by Gasteiger charge is -2.18. The summed E-state index contributed by atoms with van der Waals surface area (Å²) in [6.45, 7) is 2.77. The number of benzene rings is 2. The zero-order valence-corrected chi connectivity index (χ0v) is 14.1. The van der Waals surface area contributed by atoms with Gasteiger partial charge in [0.15, 0.2) is 5.78 Å². The largest absolute Gasteiger partial charge is 0.511 e. The molecule has 0 aromatic heterocycles. The van der Waals surface area contributed by atoms with Crippen molar-refractivity contribution in [2.45, 2.75) is 39.0 Å². The van der Waals surface area contributed by atoms with Gasteiger partial charge in [0, 0.05) is 25.1 Å². The Balaban J connectivity index is 1.99. The Morgan fingerprint density at radius 2 is 1.92 bits per heavy atom. The average Bonchev–Trinajstić information content (AvgIpc) is 2.60. The van der Waals surface area contributed by atoms with E-state index in [9.17, 15) is 9.90 Å². The third kappa shape index (κ3) is 3.40. The van der Waals surface area contributed by atoms with Gasteiger partial charge in [0.05, 0.1) is 5.57 Å². The van der Waals surface area contributed by atoms with E-state index in [2.05, 4.69) is 30.1 Å². The van der Waals surface area contributed by atoms with E-state index in [-0.39, 0.29) is 11.5 Å². The molecule has 3 rings (SSSR count). The first-order chi connectivity index (χ1) is 11.7. The van der Waals surface area contributed by atoms with Gasteiger partial charge in [-0.15, -0.1) is 0 Å². The minimum Gasteiger partial charge on any atom is -0.511 e. The third-order valence-corrected chi connectivity index (χ3v) is 4.44. The molecule has 0 spiro atoms. The van der Waals surface area contributed by atoms with Gasteiger partial charge in [-0.2, -0.15) is 0 Å². The highest BCUT2D eigenvalue weighted by Crippen LogP contribution is 2.25. The Hall–Kier alpha value is -2.42. The molecule has 2 aromatic carbocycles. The zero-order chi connectivity index (χ0) is 16.9. The summed E-state index contributed by atoms with van der Waals surface area (Å²) in [4.78, 5) is 16.9. The maximum absolute atomic E-state index is 12.4. The Kier molecular flexibility index (Phi) is 5.09. The number of carbonyl (C=O) groups excluding carboxylic acids is 1. The number of ketones is 1. The van der Waals surface area contributed by atoms with Crippen LogP contribution in [0.2, 0.25) is 0 Å². The molecule has 0 atom stereocenters. The zero-order valence-electron chi connectivity index (χ0n) is 14.1. The molecule has 3 heteroatoms. The Labute approximate surface area is 142 Å². The van der Waals surface area contributed by atoms with Crippen molar-refractivity contribution >= 4 is 22.3 Å². The first-order valence-corrected chi connectivity index (χ1v) is 8.66. The second kappa shape index (κ2) is 7.43. The highest BCUT2D eigenvalue weighted by molar-refractivity contribution is 6.24. The summed E-state index contributed by atoms with van der Waals surface area (Å²) in [6, 6.07) is 14.2. The summed E-state index contributed by atoms with van der Waals surface area (Å²) in [6.07, 6.45) is 3.41. The molecule has 2 aromatic rings. The van der Waals surface area contributed by atoms with Gasteiger partial charge in [-0.3, -0.25) is 9.79 Å². The number of aliphatic imine (C=N–C) groups is 1. The number of hydrogen-bond donors (Lipinski definition) is 1. The normalized spacial score (nSPS) is 19.0. The molecule has 1 fully saturated rings. The number of Topliss-reactive ketones (excluding diaryl/α,β-unsaturated/α-hetero) is 1. The molecule has 0 radical (unpaired) electrons. The molecule has 1 aliphatic rings. The molecule has 0 unspecified atom stereocenters. The van der Waals surface area contributed by atoms with Crippen molar-refractivity contribution in [2.24, 2.45) is 4.99 Å². The Bertz CT molecular complexity index is 812. The second-order valence-electron chi connectivity index (χ2n) is 6.24. The molecule has 0 amide bonds. The van der Waals surface area contributed by atoms with Gasteiger partial charge in [-0.25, -0.2) is 0 Å². The average molecular weight is 321 g/mol. The van der Waals surface area contributed by atoms with Crippen LogP contribution < -0.4 is 0 Å². The number of aliphatic hydroxyl groups excluding tert-OH is 1. The standard InChI is InChI=1S/C21H23NO2/c1-2-13-22-18-11-6-12-19(23)21(18)20(24)14-16-9-5-8-15-7-3-4-10-17(15)16/h3-5,7-10,24H,2,6,11-14H2,1H3/b21-20+,22-18?. The van der Waals surface area contributed by atoms with Crippen molar-refractivity contribution in [3.8, 4) is 0 Å². The quantitative estimate of drug-likeness (QED) is 0.649. The smallest absolute Gasteiger partial charge is 0.168 e. The van der Waals surface area contributed by atoms with Crippen molar-refractivity contribution < 1.29 is 9.90 Å². The molecule has 1 saturated carbocycles. The number of fused-ring (bicyclic) bond motifs is 1. The fourth-order valence-electron chi connectivity index (χ4n) is 3.28. The summed E-state index contributed by atoms with van der Waals surface area (Å²) in [7, 11) is 0. The van der Waals surface area contributed by atoms with E-state index in [1.165, 1.54) is 0 Å². The van der Waals surface area contributed by atoms with Crippen LogP contribution in [-0.2, 0) is 11.2 Å². The molecule has 0 bridgehead atoms. The molecule has 24 heavy (non-hydrogen) atoms.